The van der Waals surface area contributed by atoms with Gasteiger partial charge in [0, 0.05) is 7.11 Å². The Bertz CT molecular complexity index is 539. The van der Waals surface area contributed by atoms with Crippen LogP contribution in [-0.4, -0.2) is 24.8 Å². The van der Waals surface area contributed by atoms with E-state index < -0.39 is 11.9 Å². The zero-order valence-electron chi connectivity index (χ0n) is 11.5. The molecule has 0 spiro atoms. The van der Waals surface area contributed by atoms with Gasteiger partial charge in [0.25, 0.3) is 0 Å². The molecule has 3 heteroatoms. The van der Waals surface area contributed by atoms with Crippen molar-refractivity contribution >= 4 is 5.97 Å². The van der Waals surface area contributed by atoms with Gasteiger partial charge in [-0.15, -0.1) is 0 Å². The van der Waals surface area contributed by atoms with Crippen molar-refractivity contribution in [1.29, 1.82) is 0 Å². The van der Waals surface area contributed by atoms with Gasteiger partial charge in [0.05, 0.1) is 6.61 Å². The monoisotopic (exact) mass is 270 g/mol. The number of carbonyl (C=O) groups is 1. The molecule has 0 amide bonds. The summed E-state index contributed by atoms with van der Waals surface area (Å²) in [5.74, 6) is -1.42. The van der Waals surface area contributed by atoms with Crippen LogP contribution < -0.4 is 0 Å². The first-order chi connectivity index (χ1) is 9.70. The maximum Gasteiger partial charge on any atom is 0.313 e. The van der Waals surface area contributed by atoms with Gasteiger partial charge in [0.15, 0.2) is 0 Å². The Labute approximate surface area is 118 Å². The highest BCUT2D eigenvalue weighted by molar-refractivity contribution is 5.76. The van der Waals surface area contributed by atoms with Crippen LogP contribution in [0.15, 0.2) is 54.6 Å². The number of carboxylic acid groups (broad SMARTS) is 1. The highest BCUT2D eigenvalue weighted by atomic mass is 16.5. The van der Waals surface area contributed by atoms with Gasteiger partial charge in [0.1, 0.15) is 5.92 Å². The van der Waals surface area contributed by atoms with Crippen molar-refractivity contribution in [3.05, 3.63) is 71.3 Å². The Kier molecular flexibility index (Phi) is 4.91. The van der Waals surface area contributed by atoms with E-state index >= 15 is 0 Å². The van der Waals surface area contributed by atoms with E-state index in [4.69, 9.17) is 9.84 Å². The minimum Gasteiger partial charge on any atom is -0.481 e. The lowest BCUT2D eigenvalue weighted by molar-refractivity contribution is -0.140. The second-order valence-electron chi connectivity index (χ2n) is 4.75. The lowest BCUT2D eigenvalue weighted by Gasteiger charge is -2.11. The van der Waals surface area contributed by atoms with Gasteiger partial charge in [-0.1, -0.05) is 54.6 Å². The molecule has 0 aliphatic heterocycles. The largest absolute Gasteiger partial charge is 0.481 e. The summed E-state index contributed by atoms with van der Waals surface area (Å²) in [7, 11) is 1.50. The number of carboxylic acids is 1. The normalized spacial score (nSPS) is 12.7. The summed E-state index contributed by atoms with van der Waals surface area (Å²) in [4.78, 5) is 10.8. The number of ether oxygens (including phenoxy) is 1. The molecule has 2 aromatic rings. The molecule has 20 heavy (non-hydrogen) atoms. The second kappa shape index (κ2) is 6.87. The first-order valence-corrected chi connectivity index (χ1v) is 6.55. The molecule has 1 N–H and O–H groups in total. The number of hydrogen-bond donors (Lipinski definition) is 1. The molecule has 0 radical (unpaired) electrons. The number of methoxy groups -OCH3 is 1. The van der Waals surface area contributed by atoms with E-state index in [-0.39, 0.29) is 6.61 Å². The SMILES string of the molecule is COCC(C(=O)O)c1ccccc1.c1cc2cc(c1)C2. The van der Waals surface area contributed by atoms with Crippen LogP contribution in [0, 0.1) is 0 Å². The minimum absolute atomic E-state index is 0.208. The average Bonchev–Trinajstić information content (AvgIpc) is 2.46. The molecule has 0 heterocycles. The number of rotatable bonds is 4. The van der Waals surface area contributed by atoms with Gasteiger partial charge in [-0.25, -0.2) is 0 Å². The lowest BCUT2D eigenvalue weighted by atomic mass is 9.94. The maximum atomic E-state index is 10.8. The van der Waals surface area contributed by atoms with Crippen molar-refractivity contribution in [2.45, 2.75) is 12.3 Å². The summed E-state index contributed by atoms with van der Waals surface area (Å²) in [6, 6.07) is 17.7. The van der Waals surface area contributed by atoms with Gasteiger partial charge >= 0.3 is 5.97 Å². The van der Waals surface area contributed by atoms with E-state index in [0.29, 0.717) is 0 Å². The first kappa shape index (κ1) is 14.3. The standard InChI is InChI=1S/C10H12O3.C7H6/c1-13-7-9(10(11)12)8-5-3-2-4-6-8;1-2-6-4-7(3-1)5-6/h2-6,9H,7H2,1H3,(H,11,12);1-4H,5H2. The molecule has 0 saturated heterocycles. The Hall–Kier alpha value is -2.13. The average molecular weight is 270 g/mol. The highest BCUT2D eigenvalue weighted by Gasteiger charge is 2.18. The van der Waals surface area contributed by atoms with Crippen LogP contribution in [-0.2, 0) is 16.0 Å². The van der Waals surface area contributed by atoms with Gasteiger partial charge in [-0.3, -0.25) is 4.79 Å². The molecule has 3 nitrogen and oxygen atoms in total. The lowest BCUT2D eigenvalue weighted by Crippen LogP contribution is -2.16. The summed E-state index contributed by atoms with van der Waals surface area (Å²) in [6.45, 7) is 0.208. The smallest absolute Gasteiger partial charge is 0.313 e. The van der Waals surface area contributed by atoms with Crippen molar-refractivity contribution in [1.82, 2.24) is 0 Å². The molecule has 0 saturated carbocycles. The third-order valence-corrected chi connectivity index (χ3v) is 3.23. The molecule has 4 rings (SSSR count). The Morgan fingerprint density at radius 1 is 1.15 bits per heavy atom. The van der Waals surface area contributed by atoms with Crippen LogP contribution >= 0.6 is 0 Å². The molecule has 0 aromatic heterocycles. The van der Waals surface area contributed by atoms with E-state index in [1.807, 2.05) is 18.2 Å². The molecule has 1 unspecified atom stereocenters. The highest BCUT2D eigenvalue weighted by Crippen LogP contribution is 2.19. The van der Waals surface area contributed by atoms with Crippen molar-refractivity contribution < 1.29 is 14.6 Å². The molecule has 2 aromatic carbocycles. The summed E-state index contributed by atoms with van der Waals surface area (Å²) < 4.78 is 4.84. The van der Waals surface area contributed by atoms with Gasteiger partial charge < -0.3 is 9.84 Å². The van der Waals surface area contributed by atoms with Crippen LogP contribution in [0.3, 0.4) is 0 Å². The van der Waals surface area contributed by atoms with E-state index in [1.54, 1.807) is 12.1 Å². The third kappa shape index (κ3) is 3.68. The van der Waals surface area contributed by atoms with Gasteiger partial charge in [0.2, 0.25) is 0 Å². The summed E-state index contributed by atoms with van der Waals surface area (Å²) in [6.07, 6.45) is 1.22. The van der Waals surface area contributed by atoms with Crippen LogP contribution in [0.4, 0.5) is 0 Å². The third-order valence-electron chi connectivity index (χ3n) is 3.23. The second-order valence-corrected chi connectivity index (χ2v) is 4.75. The zero-order valence-corrected chi connectivity index (χ0v) is 11.5. The maximum absolute atomic E-state index is 10.8. The van der Waals surface area contributed by atoms with E-state index in [0.717, 1.165) is 5.56 Å². The quantitative estimate of drug-likeness (QED) is 0.792. The molecule has 104 valence electrons. The van der Waals surface area contributed by atoms with E-state index in [9.17, 15) is 4.79 Å². The molecular formula is C17H18O3. The number of benzene rings is 2. The molecule has 2 bridgehead atoms. The van der Waals surface area contributed by atoms with Crippen LogP contribution in [0.1, 0.15) is 22.6 Å². The first-order valence-electron chi connectivity index (χ1n) is 6.55. The molecule has 2 aliphatic rings. The fraction of sp³-hybridized carbons (Fsp3) is 0.235. The van der Waals surface area contributed by atoms with Crippen molar-refractivity contribution in [2.75, 3.05) is 13.7 Å². The Balaban J connectivity index is 0.000000173. The Morgan fingerprint density at radius 2 is 1.75 bits per heavy atom. The predicted octanol–water partition coefficient (Wildman–Crippen LogP) is 3.09. The summed E-state index contributed by atoms with van der Waals surface area (Å²) in [5.41, 5.74) is 3.74. The number of fused-ring (bicyclic) bond motifs is 2. The fourth-order valence-corrected chi connectivity index (χ4v) is 2.12. The van der Waals surface area contributed by atoms with Crippen LogP contribution in [0.2, 0.25) is 0 Å². The molecule has 1 atom stereocenters. The number of aliphatic carboxylic acids is 1. The summed E-state index contributed by atoms with van der Waals surface area (Å²) >= 11 is 0. The van der Waals surface area contributed by atoms with Gasteiger partial charge in [-0.2, -0.15) is 0 Å². The number of hydrogen-bond acceptors (Lipinski definition) is 2. The fourth-order valence-electron chi connectivity index (χ4n) is 2.12. The van der Waals surface area contributed by atoms with E-state index in [2.05, 4.69) is 24.3 Å². The van der Waals surface area contributed by atoms with Crippen molar-refractivity contribution in [2.24, 2.45) is 0 Å². The summed E-state index contributed by atoms with van der Waals surface area (Å²) in [5, 5.41) is 8.88. The van der Waals surface area contributed by atoms with Crippen molar-refractivity contribution in [3.8, 4) is 0 Å². The van der Waals surface area contributed by atoms with Crippen LogP contribution in [0.5, 0.6) is 0 Å². The Morgan fingerprint density at radius 3 is 2.10 bits per heavy atom. The van der Waals surface area contributed by atoms with E-state index in [1.165, 1.54) is 24.7 Å². The molecular weight excluding hydrogens is 252 g/mol. The minimum atomic E-state index is -0.854. The molecule has 0 fully saturated rings. The van der Waals surface area contributed by atoms with Crippen LogP contribution in [0.25, 0.3) is 0 Å². The van der Waals surface area contributed by atoms with Crippen molar-refractivity contribution in [3.63, 3.8) is 0 Å². The predicted molar refractivity (Wildman–Crippen MR) is 77.9 cm³/mol. The topological polar surface area (TPSA) is 46.5 Å². The molecule has 2 aliphatic carbocycles. The zero-order chi connectivity index (χ0) is 14.4. The van der Waals surface area contributed by atoms with Gasteiger partial charge in [-0.05, 0) is 23.1 Å².